The van der Waals surface area contributed by atoms with E-state index >= 15 is 0 Å². The number of carbonyl (C=O) groups is 1. The van der Waals surface area contributed by atoms with E-state index in [0.717, 1.165) is 65.1 Å². The molecule has 3 fully saturated rings. The summed E-state index contributed by atoms with van der Waals surface area (Å²) < 4.78 is 5.47. The molecule has 2 heterocycles. The molecular formula is C14H24N2O2. The summed E-state index contributed by atoms with van der Waals surface area (Å²) in [6.07, 6.45) is 5.77. The van der Waals surface area contributed by atoms with Crippen LogP contribution in [0.1, 0.15) is 32.1 Å². The predicted molar refractivity (Wildman–Crippen MR) is 69.3 cm³/mol. The minimum atomic E-state index is 0.353. The Balaban J connectivity index is 1.52. The van der Waals surface area contributed by atoms with Gasteiger partial charge in [0, 0.05) is 44.7 Å². The summed E-state index contributed by atoms with van der Waals surface area (Å²) in [5, 5.41) is 0. The fraction of sp³-hybridized carbons (Fsp3) is 0.929. The molecule has 4 nitrogen and oxygen atoms in total. The minimum absolute atomic E-state index is 0.353. The molecule has 0 aromatic carbocycles. The van der Waals surface area contributed by atoms with Gasteiger partial charge in [-0.25, -0.2) is 0 Å². The van der Waals surface area contributed by atoms with Gasteiger partial charge in [0.05, 0.1) is 6.61 Å². The highest BCUT2D eigenvalue weighted by Gasteiger charge is 2.31. The maximum absolute atomic E-state index is 12.2. The van der Waals surface area contributed by atoms with Crippen LogP contribution in [-0.4, -0.2) is 61.1 Å². The summed E-state index contributed by atoms with van der Waals surface area (Å²) in [6.45, 7) is 5.84. The number of hydrogen-bond acceptors (Lipinski definition) is 3. The molecule has 0 aromatic heterocycles. The Morgan fingerprint density at radius 3 is 2.56 bits per heavy atom. The number of hydrogen-bond donors (Lipinski definition) is 0. The van der Waals surface area contributed by atoms with Gasteiger partial charge in [-0.1, -0.05) is 6.42 Å². The highest BCUT2D eigenvalue weighted by molar-refractivity contribution is 5.79. The van der Waals surface area contributed by atoms with Crippen LogP contribution in [0.2, 0.25) is 0 Å². The molecule has 0 radical (unpaired) electrons. The van der Waals surface area contributed by atoms with Crippen LogP contribution in [0, 0.1) is 5.92 Å². The first kappa shape index (κ1) is 12.4. The first-order valence-electron chi connectivity index (χ1n) is 7.45. The van der Waals surface area contributed by atoms with E-state index in [1.807, 2.05) is 0 Å². The molecule has 1 atom stereocenters. The molecule has 1 aliphatic carbocycles. The van der Waals surface area contributed by atoms with Gasteiger partial charge in [0.15, 0.2) is 0 Å². The molecule has 1 unspecified atom stereocenters. The van der Waals surface area contributed by atoms with E-state index in [9.17, 15) is 4.79 Å². The van der Waals surface area contributed by atoms with Crippen molar-refractivity contribution in [2.75, 3.05) is 39.4 Å². The van der Waals surface area contributed by atoms with Gasteiger partial charge in [-0.2, -0.15) is 0 Å². The van der Waals surface area contributed by atoms with Crippen LogP contribution in [0.15, 0.2) is 0 Å². The lowest BCUT2D eigenvalue weighted by Crippen LogP contribution is -2.42. The Kier molecular flexibility index (Phi) is 3.85. The molecule has 1 saturated carbocycles. The summed E-state index contributed by atoms with van der Waals surface area (Å²) in [7, 11) is 0. The summed E-state index contributed by atoms with van der Waals surface area (Å²) in [6, 6.07) is 0.601. The molecule has 102 valence electrons. The van der Waals surface area contributed by atoms with Crippen molar-refractivity contribution in [3.63, 3.8) is 0 Å². The average molecular weight is 252 g/mol. The van der Waals surface area contributed by atoms with Crippen LogP contribution in [0.25, 0.3) is 0 Å². The Morgan fingerprint density at radius 1 is 1.00 bits per heavy atom. The molecule has 1 amide bonds. The maximum Gasteiger partial charge on any atom is 0.225 e. The lowest BCUT2D eigenvalue weighted by atomic mass is 9.84. The molecule has 0 aromatic rings. The Labute approximate surface area is 109 Å². The number of nitrogens with zero attached hydrogens (tertiary/aromatic N) is 2. The third kappa shape index (κ3) is 2.54. The summed E-state index contributed by atoms with van der Waals surface area (Å²) in [4.78, 5) is 16.9. The second kappa shape index (κ2) is 5.57. The standard InChI is InChI=1S/C14H24N2O2/c17-14(12-3-1-4-12)16-7-2-6-15(8-9-16)13-5-10-18-11-13/h12-13H,1-11H2. The maximum atomic E-state index is 12.2. The normalized spacial score (nSPS) is 31.1. The Hall–Kier alpha value is -0.610. The van der Waals surface area contributed by atoms with Gasteiger partial charge in [0.25, 0.3) is 0 Å². The molecule has 2 saturated heterocycles. The van der Waals surface area contributed by atoms with Crippen molar-refractivity contribution in [2.45, 2.75) is 38.1 Å². The molecular weight excluding hydrogens is 228 g/mol. The van der Waals surface area contributed by atoms with Gasteiger partial charge >= 0.3 is 0 Å². The Bertz CT molecular complexity index is 298. The van der Waals surface area contributed by atoms with Crippen molar-refractivity contribution in [1.29, 1.82) is 0 Å². The third-order valence-electron chi connectivity index (χ3n) is 4.72. The van der Waals surface area contributed by atoms with E-state index in [-0.39, 0.29) is 0 Å². The second-order valence-electron chi connectivity index (χ2n) is 5.86. The van der Waals surface area contributed by atoms with Crippen molar-refractivity contribution in [1.82, 2.24) is 9.80 Å². The molecule has 0 N–H and O–H groups in total. The van der Waals surface area contributed by atoms with Crippen molar-refractivity contribution in [3.8, 4) is 0 Å². The van der Waals surface area contributed by atoms with Gasteiger partial charge in [-0.15, -0.1) is 0 Å². The van der Waals surface area contributed by atoms with Crippen molar-refractivity contribution in [2.24, 2.45) is 5.92 Å². The lowest BCUT2D eigenvalue weighted by molar-refractivity contribution is -0.138. The molecule has 0 spiro atoms. The fourth-order valence-corrected chi connectivity index (χ4v) is 3.25. The second-order valence-corrected chi connectivity index (χ2v) is 5.86. The van der Waals surface area contributed by atoms with Crippen LogP contribution in [-0.2, 0) is 9.53 Å². The summed E-state index contributed by atoms with van der Waals surface area (Å²) >= 11 is 0. The number of rotatable bonds is 2. The highest BCUT2D eigenvalue weighted by Crippen LogP contribution is 2.28. The van der Waals surface area contributed by atoms with Crippen LogP contribution >= 0.6 is 0 Å². The van der Waals surface area contributed by atoms with Crippen LogP contribution in [0.3, 0.4) is 0 Å². The van der Waals surface area contributed by atoms with Gasteiger partial charge in [-0.05, 0) is 25.7 Å². The van der Waals surface area contributed by atoms with E-state index < -0.39 is 0 Å². The van der Waals surface area contributed by atoms with Crippen LogP contribution in [0.4, 0.5) is 0 Å². The van der Waals surface area contributed by atoms with Crippen molar-refractivity contribution >= 4 is 5.91 Å². The molecule has 18 heavy (non-hydrogen) atoms. The van der Waals surface area contributed by atoms with Crippen LogP contribution < -0.4 is 0 Å². The number of amides is 1. The monoisotopic (exact) mass is 252 g/mol. The topological polar surface area (TPSA) is 32.8 Å². The molecule has 0 bridgehead atoms. The van der Waals surface area contributed by atoms with Gasteiger partial charge < -0.3 is 9.64 Å². The Morgan fingerprint density at radius 2 is 1.89 bits per heavy atom. The molecule has 3 rings (SSSR count). The zero-order valence-corrected chi connectivity index (χ0v) is 11.1. The van der Waals surface area contributed by atoms with E-state index in [1.54, 1.807) is 0 Å². The zero-order valence-electron chi connectivity index (χ0n) is 11.1. The van der Waals surface area contributed by atoms with E-state index in [1.165, 1.54) is 6.42 Å². The van der Waals surface area contributed by atoms with Crippen LogP contribution in [0.5, 0.6) is 0 Å². The SMILES string of the molecule is O=C(C1CCC1)N1CCCN(C2CCOC2)CC1. The predicted octanol–water partition coefficient (Wildman–Crippen LogP) is 1.11. The first-order chi connectivity index (χ1) is 8.84. The van der Waals surface area contributed by atoms with Gasteiger partial charge in [0.1, 0.15) is 0 Å². The van der Waals surface area contributed by atoms with Crippen molar-refractivity contribution < 1.29 is 9.53 Å². The summed E-state index contributed by atoms with van der Waals surface area (Å²) in [5.74, 6) is 0.775. The number of ether oxygens (including phenoxy) is 1. The summed E-state index contributed by atoms with van der Waals surface area (Å²) in [5.41, 5.74) is 0. The van der Waals surface area contributed by atoms with E-state index in [4.69, 9.17) is 4.74 Å². The zero-order chi connectivity index (χ0) is 12.4. The van der Waals surface area contributed by atoms with Gasteiger partial charge in [0.2, 0.25) is 5.91 Å². The smallest absolute Gasteiger partial charge is 0.225 e. The largest absolute Gasteiger partial charge is 0.380 e. The van der Waals surface area contributed by atoms with Crippen molar-refractivity contribution in [3.05, 3.63) is 0 Å². The molecule has 3 aliphatic rings. The van der Waals surface area contributed by atoms with E-state index in [0.29, 0.717) is 17.9 Å². The lowest BCUT2D eigenvalue weighted by Gasteiger charge is -2.31. The fourth-order valence-electron chi connectivity index (χ4n) is 3.25. The van der Waals surface area contributed by atoms with Gasteiger partial charge in [-0.3, -0.25) is 9.69 Å². The van der Waals surface area contributed by atoms with E-state index in [2.05, 4.69) is 9.80 Å². The quantitative estimate of drug-likeness (QED) is 0.738. The molecule has 4 heteroatoms. The minimum Gasteiger partial charge on any atom is -0.380 e. The first-order valence-corrected chi connectivity index (χ1v) is 7.45. The third-order valence-corrected chi connectivity index (χ3v) is 4.72. The highest BCUT2D eigenvalue weighted by atomic mass is 16.5. The molecule has 2 aliphatic heterocycles. The number of carbonyl (C=O) groups excluding carboxylic acids is 1. The average Bonchev–Trinajstić information content (AvgIpc) is 2.71.